The first-order chi connectivity index (χ1) is 7.22. The van der Waals surface area contributed by atoms with Crippen LogP contribution in [0.1, 0.15) is 33.3 Å². The van der Waals surface area contributed by atoms with E-state index in [4.69, 9.17) is 4.74 Å². The van der Waals surface area contributed by atoms with Gasteiger partial charge in [-0.05, 0) is 45.4 Å². The van der Waals surface area contributed by atoms with Crippen LogP contribution in [0.2, 0.25) is 0 Å². The summed E-state index contributed by atoms with van der Waals surface area (Å²) >= 11 is 3.39. The molecule has 0 aliphatic carbocycles. The van der Waals surface area contributed by atoms with Crippen molar-refractivity contribution in [3.8, 4) is 0 Å². The first-order valence-corrected chi connectivity index (χ1v) is 6.12. The first-order valence-electron chi connectivity index (χ1n) is 5.33. The molecular formula is C13H19BrO2. The fourth-order valence-corrected chi connectivity index (χ4v) is 1.29. The van der Waals surface area contributed by atoms with Crippen molar-refractivity contribution in [1.29, 1.82) is 0 Å². The van der Waals surface area contributed by atoms with E-state index in [2.05, 4.69) is 15.9 Å². The second-order valence-electron chi connectivity index (χ2n) is 4.98. The van der Waals surface area contributed by atoms with Gasteiger partial charge in [0.15, 0.2) is 0 Å². The minimum absolute atomic E-state index is 0.504. The number of benzene rings is 1. The van der Waals surface area contributed by atoms with E-state index in [1.54, 1.807) is 13.8 Å². The summed E-state index contributed by atoms with van der Waals surface area (Å²) in [7, 11) is 0. The number of aliphatic hydroxyl groups is 1. The first kappa shape index (κ1) is 13.7. The monoisotopic (exact) mass is 286 g/mol. The van der Waals surface area contributed by atoms with Gasteiger partial charge in [-0.2, -0.15) is 0 Å². The highest BCUT2D eigenvalue weighted by molar-refractivity contribution is 9.10. The molecule has 1 aromatic carbocycles. The molecule has 1 N–H and O–H groups in total. The summed E-state index contributed by atoms with van der Waals surface area (Å²) < 4.78 is 6.81. The summed E-state index contributed by atoms with van der Waals surface area (Å²) in [6.07, 6.45) is 0. The normalized spacial score (nSPS) is 12.9. The van der Waals surface area contributed by atoms with Gasteiger partial charge in [-0.25, -0.2) is 0 Å². The molecule has 0 heterocycles. The maximum Gasteiger partial charge on any atom is 0.0911 e. The summed E-state index contributed by atoms with van der Waals surface area (Å²) in [6, 6.07) is 7.97. The van der Waals surface area contributed by atoms with Gasteiger partial charge in [0, 0.05) is 4.47 Å². The summed E-state index contributed by atoms with van der Waals surface area (Å²) in [5.74, 6) is 0. The lowest BCUT2D eigenvalue weighted by Gasteiger charge is -2.37. The Balaban J connectivity index is 2.61. The zero-order valence-corrected chi connectivity index (χ0v) is 11.8. The highest BCUT2D eigenvalue weighted by Crippen LogP contribution is 2.26. The Hall–Kier alpha value is -0.380. The Labute approximate surface area is 106 Å². The molecule has 0 fully saturated rings. The van der Waals surface area contributed by atoms with Gasteiger partial charge < -0.3 is 9.84 Å². The summed E-state index contributed by atoms with van der Waals surface area (Å²) in [5, 5.41) is 9.94. The van der Waals surface area contributed by atoms with Gasteiger partial charge >= 0.3 is 0 Å². The molecular weight excluding hydrogens is 268 g/mol. The molecule has 3 heteroatoms. The molecule has 0 bridgehead atoms. The lowest BCUT2D eigenvalue weighted by atomic mass is 9.89. The molecule has 16 heavy (non-hydrogen) atoms. The van der Waals surface area contributed by atoms with Gasteiger partial charge in [-0.15, -0.1) is 0 Å². The predicted octanol–water partition coefficient (Wildman–Crippen LogP) is 3.52. The van der Waals surface area contributed by atoms with Crippen molar-refractivity contribution >= 4 is 15.9 Å². The lowest BCUT2D eigenvalue weighted by molar-refractivity contribution is -0.153. The van der Waals surface area contributed by atoms with E-state index in [0.717, 1.165) is 10.0 Å². The van der Waals surface area contributed by atoms with Crippen molar-refractivity contribution in [3.05, 3.63) is 34.3 Å². The summed E-state index contributed by atoms with van der Waals surface area (Å²) in [4.78, 5) is 0. The van der Waals surface area contributed by atoms with Gasteiger partial charge in [0.05, 0.1) is 17.8 Å². The van der Waals surface area contributed by atoms with Gasteiger partial charge in [0.25, 0.3) is 0 Å². The molecule has 0 spiro atoms. The second-order valence-corrected chi connectivity index (χ2v) is 5.90. The fraction of sp³-hybridized carbons (Fsp3) is 0.538. The predicted molar refractivity (Wildman–Crippen MR) is 69.3 cm³/mol. The van der Waals surface area contributed by atoms with Crippen molar-refractivity contribution in [2.75, 3.05) is 0 Å². The fourth-order valence-electron chi connectivity index (χ4n) is 1.02. The maximum absolute atomic E-state index is 9.94. The van der Waals surface area contributed by atoms with Crippen LogP contribution in [0.4, 0.5) is 0 Å². The maximum atomic E-state index is 9.94. The third-order valence-electron chi connectivity index (χ3n) is 2.99. The molecule has 0 aromatic heterocycles. The van der Waals surface area contributed by atoms with Gasteiger partial charge in [-0.3, -0.25) is 0 Å². The second kappa shape index (κ2) is 4.86. The highest BCUT2D eigenvalue weighted by atomic mass is 79.9. The van der Waals surface area contributed by atoms with Crippen LogP contribution < -0.4 is 0 Å². The van der Waals surface area contributed by atoms with Crippen LogP contribution in [-0.2, 0) is 11.3 Å². The number of halogens is 1. The number of ether oxygens (including phenoxy) is 1. The Morgan fingerprint density at radius 1 is 1.12 bits per heavy atom. The molecule has 1 aromatic rings. The average molecular weight is 287 g/mol. The average Bonchev–Trinajstić information content (AvgIpc) is 2.15. The van der Waals surface area contributed by atoms with Gasteiger partial charge in [-0.1, -0.05) is 28.1 Å². The van der Waals surface area contributed by atoms with Crippen LogP contribution in [0, 0.1) is 0 Å². The van der Waals surface area contributed by atoms with Crippen LogP contribution >= 0.6 is 15.9 Å². The van der Waals surface area contributed by atoms with E-state index in [0.29, 0.717) is 6.61 Å². The van der Waals surface area contributed by atoms with E-state index in [1.807, 2.05) is 38.1 Å². The highest BCUT2D eigenvalue weighted by Gasteiger charge is 2.35. The molecule has 90 valence electrons. The Kier molecular flexibility index (Phi) is 4.16. The molecule has 0 unspecified atom stereocenters. The molecule has 1 rings (SSSR count). The minimum atomic E-state index is -0.859. The van der Waals surface area contributed by atoms with E-state index in [9.17, 15) is 5.11 Å². The minimum Gasteiger partial charge on any atom is -0.387 e. The number of hydrogen-bond donors (Lipinski definition) is 1. The lowest BCUT2D eigenvalue weighted by Crippen LogP contribution is -2.47. The van der Waals surface area contributed by atoms with Crippen molar-refractivity contribution in [3.63, 3.8) is 0 Å². The van der Waals surface area contributed by atoms with E-state index in [1.165, 1.54) is 0 Å². The quantitative estimate of drug-likeness (QED) is 0.918. The van der Waals surface area contributed by atoms with Crippen molar-refractivity contribution < 1.29 is 9.84 Å². The molecule has 0 atom stereocenters. The zero-order valence-electron chi connectivity index (χ0n) is 10.2. The Morgan fingerprint density at radius 2 is 1.62 bits per heavy atom. The molecule has 0 saturated carbocycles. The van der Waals surface area contributed by atoms with Crippen molar-refractivity contribution in [1.82, 2.24) is 0 Å². The number of hydrogen-bond acceptors (Lipinski definition) is 2. The van der Waals surface area contributed by atoms with Gasteiger partial charge in [0.1, 0.15) is 0 Å². The smallest absolute Gasteiger partial charge is 0.0911 e. The molecule has 2 nitrogen and oxygen atoms in total. The van der Waals surface area contributed by atoms with E-state index >= 15 is 0 Å². The third kappa shape index (κ3) is 3.58. The standard InChI is InChI=1S/C13H19BrO2/c1-12(2,15)13(3,4)16-9-10-5-7-11(14)8-6-10/h5-8,15H,9H2,1-4H3. The third-order valence-corrected chi connectivity index (χ3v) is 3.51. The number of rotatable bonds is 4. The van der Waals surface area contributed by atoms with E-state index in [-0.39, 0.29) is 0 Å². The van der Waals surface area contributed by atoms with Crippen molar-refractivity contribution in [2.24, 2.45) is 0 Å². The van der Waals surface area contributed by atoms with Crippen LogP contribution in [0.25, 0.3) is 0 Å². The van der Waals surface area contributed by atoms with Crippen LogP contribution in [-0.4, -0.2) is 16.3 Å². The largest absolute Gasteiger partial charge is 0.387 e. The molecule has 0 aliphatic heterocycles. The van der Waals surface area contributed by atoms with Crippen LogP contribution in [0.3, 0.4) is 0 Å². The molecule has 0 saturated heterocycles. The molecule has 0 amide bonds. The SMILES string of the molecule is CC(C)(O)C(C)(C)OCc1ccc(Br)cc1. The van der Waals surface area contributed by atoms with Gasteiger partial charge in [0.2, 0.25) is 0 Å². The topological polar surface area (TPSA) is 29.5 Å². The van der Waals surface area contributed by atoms with Crippen LogP contribution in [0.15, 0.2) is 28.7 Å². The van der Waals surface area contributed by atoms with Crippen molar-refractivity contribution in [2.45, 2.75) is 45.5 Å². The Bertz CT molecular complexity index is 336. The zero-order chi connectivity index (χ0) is 12.4. The summed E-state index contributed by atoms with van der Waals surface area (Å²) in [5.41, 5.74) is -0.330. The van der Waals surface area contributed by atoms with E-state index < -0.39 is 11.2 Å². The molecule has 0 radical (unpaired) electrons. The summed E-state index contributed by atoms with van der Waals surface area (Å²) in [6.45, 7) is 7.81. The Morgan fingerprint density at radius 3 is 2.06 bits per heavy atom. The molecule has 0 aliphatic rings. The van der Waals surface area contributed by atoms with Crippen LogP contribution in [0.5, 0.6) is 0 Å².